The van der Waals surface area contributed by atoms with Gasteiger partial charge >= 0.3 is 0 Å². The summed E-state index contributed by atoms with van der Waals surface area (Å²) in [5.74, 6) is 1.46. The number of rotatable bonds is 7. The number of benzene rings is 1. The average Bonchev–Trinajstić information content (AvgIpc) is 2.51. The molecule has 0 radical (unpaired) electrons. The van der Waals surface area contributed by atoms with E-state index in [0.29, 0.717) is 12.5 Å². The zero-order valence-corrected chi connectivity index (χ0v) is 11.8. The van der Waals surface area contributed by atoms with E-state index in [1.807, 2.05) is 42.5 Å². The first-order chi connectivity index (χ1) is 9.83. The van der Waals surface area contributed by atoms with Crippen LogP contribution in [-0.4, -0.2) is 23.1 Å². The normalized spacial score (nSPS) is 10.1. The molecule has 0 aliphatic heterocycles. The predicted molar refractivity (Wildman–Crippen MR) is 84.9 cm³/mol. The quantitative estimate of drug-likeness (QED) is 0.754. The van der Waals surface area contributed by atoms with E-state index < -0.39 is 0 Å². The minimum Gasteiger partial charge on any atom is -0.366 e. The Kier molecular flexibility index (Phi) is 5.12. The summed E-state index contributed by atoms with van der Waals surface area (Å²) >= 11 is 0. The maximum atomic E-state index is 4.56. The van der Waals surface area contributed by atoms with Gasteiger partial charge in [0.25, 0.3) is 0 Å². The second-order valence-corrected chi connectivity index (χ2v) is 4.42. The Morgan fingerprint density at radius 2 is 1.95 bits per heavy atom. The third kappa shape index (κ3) is 3.82. The van der Waals surface area contributed by atoms with Crippen LogP contribution < -0.4 is 10.6 Å². The molecule has 0 amide bonds. The van der Waals surface area contributed by atoms with Gasteiger partial charge in [-0.1, -0.05) is 43.3 Å². The molecule has 20 heavy (non-hydrogen) atoms. The number of aromatic nitrogens is 2. The van der Waals surface area contributed by atoms with Gasteiger partial charge in [0.1, 0.15) is 5.82 Å². The van der Waals surface area contributed by atoms with Crippen LogP contribution in [0.4, 0.5) is 11.8 Å². The van der Waals surface area contributed by atoms with Crippen LogP contribution in [0.1, 0.15) is 13.3 Å². The molecule has 4 heteroatoms. The summed E-state index contributed by atoms with van der Waals surface area (Å²) in [4.78, 5) is 9.01. The van der Waals surface area contributed by atoms with Crippen LogP contribution in [0.2, 0.25) is 0 Å². The second kappa shape index (κ2) is 7.28. The number of hydrogen-bond donors (Lipinski definition) is 2. The highest BCUT2D eigenvalue weighted by molar-refractivity contribution is 5.64. The van der Waals surface area contributed by atoms with Gasteiger partial charge in [0, 0.05) is 24.7 Å². The van der Waals surface area contributed by atoms with E-state index in [-0.39, 0.29) is 0 Å². The average molecular weight is 268 g/mol. The molecule has 2 aromatic rings. The Hall–Kier alpha value is -2.36. The van der Waals surface area contributed by atoms with Crippen LogP contribution in [0.25, 0.3) is 11.3 Å². The lowest BCUT2D eigenvalue weighted by molar-refractivity contribution is 0.953. The lowest BCUT2D eigenvalue weighted by atomic mass is 10.1. The number of nitrogens with zero attached hydrogens (tertiary/aromatic N) is 2. The molecule has 104 valence electrons. The number of anilines is 2. The highest BCUT2D eigenvalue weighted by Gasteiger charge is 2.05. The SMILES string of the molecule is C=CCNc1cc(-c2ccccc2)nc(NCCC)n1. The minimum atomic E-state index is 0.653. The molecular formula is C16H20N4. The van der Waals surface area contributed by atoms with Crippen LogP contribution in [0.3, 0.4) is 0 Å². The lowest BCUT2D eigenvalue weighted by Crippen LogP contribution is -2.08. The van der Waals surface area contributed by atoms with Crippen molar-refractivity contribution in [1.82, 2.24) is 9.97 Å². The Bertz CT molecular complexity index is 552. The maximum Gasteiger partial charge on any atom is 0.225 e. The topological polar surface area (TPSA) is 49.8 Å². The van der Waals surface area contributed by atoms with E-state index in [4.69, 9.17) is 0 Å². The van der Waals surface area contributed by atoms with Gasteiger partial charge in [0.15, 0.2) is 0 Å². The fourth-order valence-corrected chi connectivity index (χ4v) is 1.79. The van der Waals surface area contributed by atoms with Crippen molar-refractivity contribution in [3.63, 3.8) is 0 Å². The van der Waals surface area contributed by atoms with Crippen molar-refractivity contribution in [3.05, 3.63) is 49.1 Å². The summed E-state index contributed by atoms with van der Waals surface area (Å²) in [5, 5.41) is 6.45. The lowest BCUT2D eigenvalue weighted by Gasteiger charge is -2.10. The summed E-state index contributed by atoms with van der Waals surface area (Å²) in [6.45, 7) is 7.36. The zero-order valence-electron chi connectivity index (χ0n) is 11.8. The molecule has 1 heterocycles. The van der Waals surface area contributed by atoms with Crippen molar-refractivity contribution in [2.75, 3.05) is 23.7 Å². The summed E-state index contributed by atoms with van der Waals surface area (Å²) < 4.78 is 0. The van der Waals surface area contributed by atoms with Crippen LogP contribution in [0, 0.1) is 0 Å². The summed E-state index contributed by atoms with van der Waals surface area (Å²) in [7, 11) is 0. The molecule has 0 saturated heterocycles. The van der Waals surface area contributed by atoms with E-state index in [1.54, 1.807) is 0 Å². The molecule has 0 aliphatic carbocycles. The van der Waals surface area contributed by atoms with Gasteiger partial charge in [-0.25, -0.2) is 4.98 Å². The molecule has 0 fully saturated rings. The second-order valence-electron chi connectivity index (χ2n) is 4.42. The van der Waals surface area contributed by atoms with Gasteiger partial charge < -0.3 is 10.6 Å². The van der Waals surface area contributed by atoms with Crippen molar-refractivity contribution >= 4 is 11.8 Å². The van der Waals surface area contributed by atoms with E-state index in [1.165, 1.54) is 0 Å². The van der Waals surface area contributed by atoms with Crippen molar-refractivity contribution in [1.29, 1.82) is 0 Å². The van der Waals surface area contributed by atoms with Gasteiger partial charge in [-0.05, 0) is 6.42 Å². The zero-order chi connectivity index (χ0) is 14.2. The van der Waals surface area contributed by atoms with E-state index in [0.717, 1.165) is 30.0 Å². The number of nitrogens with one attached hydrogen (secondary N) is 2. The van der Waals surface area contributed by atoms with Gasteiger partial charge in [-0.2, -0.15) is 4.98 Å². The summed E-state index contributed by atoms with van der Waals surface area (Å²) in [6, 6.07) is 12.1. The first-order valence-corrected chi connectivity index (χ1v) is 6.86. The minimum absolute atomic E-state index is 0.653. The first kappa shape index (κ1) is 14.1. The van der Waals surface area contributed by atoms with E-state index in [2.05, 4.69) is 34.1 Å². The third-order valence-electron chi connectivity index (χ3n) is 2.76. The highest BCUT2D eigenvalue weighted by atomic mass is 15.1. The fraction of sp³-hybridized carbons (Fsp3) is 0.250. The van der Waals surface area contributed by atoms with Gasteiger partial charge in [0.05, 0.1) is 5.69 Å². The van der Waals surface area contributed by atoms with E-state index >= 15 is 0 Å². The van der Waals surface area contributed by atoms with Gasteiger partial charge in [-0.15, -0.1) is 6.58 Å². The van der Waals surface area contributed by atoms with Crippen LogP contribution >= 0.6 is 0 Å². The molecule has 0 unspecified atom stereocenters. The number of hydrogen-bond acceptors (Lipinski definition) is 4. The molecule has 1 aromatic heterocycles. The van der Waals surface area contributed by atoms with Crippen molar-refractivity contribution in [2.24, 2.45) is 0 Å². The summed E-state index contributed by atoms with van der Waals surface area (Å²) in [6.07, 6.45) is 2.85. The van der Waals surface area contributed by atoms with Gasteiger partial charge in [0.2, 0.25) is 5.95 Å². The molecule has 1 aromatic carbocycles. The molecule has 2 rings (SSSR count). The molecule has 0 spiro atoms. The van der Waals surface area contributed by atoms with Crippen molar-refractivity contribution in [3.8, 4) is 11.3 Å². The van der Waals surface area contributed by atoms with Gasteiger partial charge in [-0.3, -0.25) is 0 Å². The Balaban J connectivity index is 2.31. The molecule has 0 bridgehead atoms. The standard InChI is InChI=1S/C16H20N4/c1-3-10-17-15-12-14(13-8-6-5-7-9-13)19-16(20-15)18-11-4-2/h3,5-9,12H,1,4,10-11H2,2H3,(H2,17,18,19,20). The molecule has 0 aliphatic rings. The van der Waals surface area contributed by atoms with Crippen LogP contribution in [0.5, 0.6) is 0 Å². The largest absolute Gasteiger partial charge is 0.366 e. The first-order valence-electron chi connectivity index (χ1n) is 6.86. The summed E-state index contributed by atoms with van der Waals surface area (Å²) in [5.41, 5.74) is 1.99. The monoisotopic (exact) mass is 268 g/mol. The highest BCUT2D eigenvalue weighted by Crippen LogP contribution is 2.21. The predicted octanol–water partition coefficient (Wildman–Crippen LogP) is 3.56. The van der Waals surface area contributed by atoms with E-state index in [9.17, 15) is 0 Å². The Labute approximate surface area is 120 Å². The molecule has 2 N–H and O–H groups in total. The molecule has 4 nitrogen and oxygen atoms in total. The van der Waals surface area contributed by atoms with Crippen LogP contribution in [0.15, 0.2) is 49.1 Å². The van der Waals surface area contributed by atoms with Crippen molar-refractivity contribution in [2.45, 2.75) is 13.3 Å². The smallest absolute Gasteiger partial charge is 0.225 e. The molecule has 0 atom stereocenters. The molecular weight excluding hydrogens is 248 g/mol. The third-order valence-corrected chi connectivity index (χ3v) is 2.76. The maximum absolute atomic E-state index is 4.56. The Morgan fingerprint density at radius 1 is 1.15 bits per heavy atom. The molecule has 0 saturated carbocycles. The Morgan fingerprint density at radius 3 is 2.65 bits per heavy atom. The fourth-order valence-electron chi connectivity index (χ4n) is 1.79. The van der Waals surface area contributed by atoms with Crippen molar-refractivity contribution < 1.29 is 0 Å². The van der Waals surface area contributed by atoms with Crippen LogP contribution in [-0.2, 0) is 0 Å².